The summed E-state index contributed by atoms with van der Waals surface area (Å²) in [6.45, 7) is 1.76. The normalized spacial score (nSPS) is 19.7. The number of halogens is 1. The van der Waals surface area contributed by atoms with Crippen LogP contribution in [-0.2, 0) is 7.05 Å². The highest BCUT2D eigenvalue weighted by atomic mass is 32.1. The average Bonchev–Trinajstić information content (AvgIpc) is 3.21. The number of nitrogens with zero attached hydrogens (tertiary/aromatic N) is 3. The van der Waals surface area contributed by atoms with Crippen molar-refractivity contribution in [2.24, 2.45) is 7.05 Å². The Hall–Kier alpha value is -2.73. The van der Waals surface area contributed by atoms with E-state index in [1.54, 1.807) is 19.2 Å². The van der Waals surface area contributed by atoms with Gasteiger partial charge < -0.3 is 14.8 Å². The van der Waals surface area contributed by atoms with E-state index in [-0.39, 0.29) is 17.9 Å². The predicted molar refractivity (Wildman–Crippen MR) is 104 cm³/mol. The van der Waals surface area contributed by atoms with Gasteiger partial charge in [-0.15, -0.1) is 0 Å². The third-order valence-electron chi connectivity index (χ3n) is 4.80. The van der Waals surface area contributed by atoms with E-state index in [0.29, 0.717) is 10.7 Å². The number of hydrogen-bond donors (Lipinski definition) is 1. The summed E-state index contributed by atoms with van der Waals surface area (Å²) < 4.78 is 15.9. The van der Waals surface area contributed by atoms with Crippen LogP contribution in [0, 0.1) is 12.7 Å². The minimum absolute atomic E-state index is 0.0812. The third kappa shape index (κ3) is 2.76. The smallest absolute Gasteiger partial charge is 0.174 e. The lowest BCUT2D eigenvalue weighted by molar-refractivity contribution is 0.540. The first-order valence-electron chi connectivity index (χ1n) is 8.44. The Labute approximate surface area is 157 Å². The van der Waals surface area contributed by atoms with Crippen molar-refractivity contribution in [3.05, 3.63) is 83.7 Å². The Morgan fingerprint density at radius 2 is 2.00 bits per heavy atom. The first kappa shape index (κ1) is 16.7. The quantitative estimate of drug-likeness (QED) is 0.709. The second kappa shape index (κ2) is 6.53. The molecule has 0 unspecified atom stereocenters. The van der Waals surface area contributed by atoms with Crippen LogP contribution in [0.4, 0.5) is 10.1 Å². The highest BCUT2D eigenvalue weighted by Gasteiger charge is 2.41. The molecular formula is C20H19FN4S. The summed E-state index contributed by atoms with van der Waals surface area (Å²) in [5, 5.41) is 4.02. The van der Waals surface area contributed by atoms with Gasteiger partial charge in [-0.2, -0.15) is 0 Å². The number of hydrogen-bond acceptors (Lipinski definition) is 2. The van der Waals surface area contributed by atoms with Crippen LogP contribution in [0.15, 0.2) is 60.9 Å². The highest BCUT2D eigenvalue weighted by Crippen LogP contribution is 2.41. The van der Waals surface area contributed by atoms with Gasteiger partial charge in [-0.1, -0.05) is 6.07 Å². The Kier molecular flexibility index (Phi) is 4.20. The van der Waals surface area contributed by atoms with E-state index in [1.165, 1.54) is 6.07 Å². The minimum atomic E-state index is -0.219. The molecule has 2 aromatic heterocycles. The number of pyridine rings is 1. The average molecular weight is 366 g/mol. The molecule has 4 nitrogen and oxygen atoms in total. The SMILES string of the molecule is Cc1cc(N2C(=S)N[C@H](c3ccccn3)[C@H]2c2cccn2C)ccc1F. The summed E-state index contributed by atoms with van der Waals surface area (Å²) in [5.74, 6) is -0.219. The van der Waals surface area contributed by atoms with E-state index < -0.39 is 0 Å². The molecule has 1 aliphatic rings. The molecule has 0 spiro atoms. The molecule has 6 heteroatoms. The number of rotatable bonds is 3. The number of aromatic nitrogens is 2. The maximum Gasteiger partial charge on any atom is 0.174 e. The molecule has 3 heterocycles. The Balaban J connectivity index is 1.85. The maximum absolute atomic E-state index is 13.8. The van der Waals surface area contributed by atoms with Crippen molar-refractivity contribution in [2.45, 2.75) is 19.0 Å². The molecule has 2 atom stereocenters. The van der Waals surface area contributed by atoms with Gasteiger partial charge in [-0.3, -0.25) is 4.98 Å². The van der Waals surface area contributed by atoms with E-state index in [9.17, 15) is 4.39 Å². The minimum Gasteiger partial charge on any atom is -0.353 e. The van der Waals surface area contributed by atoms with Gasteiger partial charge in [0.05, 0.1) is 11.7 Å². The van der Waals surface area contributed by atoms with Crippen molar-refractivity contribution in [1.82, 2.24) is 14.9 Å². The zero-order chi connectivity index (χ0) is 18.3. The molecule has 3 aromatic rings. The number of aryl methyl sites for hydroxylation is 2. The van der Waals surface area contributed by atoms with Crippen molar-refractivity contribution in [2.75, 3.05) is 4.90 Å². The molecule has 0 aliphatic carbocycles. The van der Waals surface area contributed by atoms with Crippen LogP contribution in [0.3, 0.4) is 0 Å². The fraction of sp³-hybridized carbons (Fsp3) is 0.200. The van der Waals surface area contributed by atoms with Gasteiger partial charge in [0, 0.05) is 30.8 Å². The summed E-state index contributed by atoms with van der Waals surface area (Å²) in [6.07, 6.45) is 3.80. The summed E-state index contributed by atoms with van der Waals surface area (Å²) >= 11 is 5.65. The van der Waals surface area contributed by atoms with Crippen molar-refractivity contribution in [3.63, 3.8) is 0 Å². The molecule has 1 N–H and O–H groups in total. The van der Waals surface area contributed by atoms with Crippen LogP contribution in [0.25, 0.3) is 0 Å². The monoisotopic (exact) mass is 366 g/mol. The first-order chi connectivity index (χ1) is 12.6. The number of nitrogens with one attached hydrogen (secondary N) is 1. The molecule has 26 heavy (non-hydrogen) atoms. The van der Waals surface area contributed by atoms with E-state index in [2.05, 4.69) is 25.8 Å². The zero-order valence-electron chi connectivity index (χ0n) is 14.6. The van der Waals surface area contributed by atoms with Crippen molar-refractivity contribution in [3.8, 4) is 0 Å². The van der Waals surface area contributed by atoms with Crippen LogP contribution in [0.1, 0.15) is 29.0 Å². The predicted octanol–water partition coefficient (Wildman–Crippen LogP) is 4.04. The molecular weight excluding hydrogens is 347 g/mol. The lowest BCUT2D eigenvalue weighted by Crippen LogP contribution is -2.30. The highest BCUT2D eigenvalue weighted by molar-refractivity contribution is 7.80. The van der Waals surface area contributed by atoms with E-state index in [1.807, 2.05) is 43.6 Å². The fourth-order valence-electron chi connectivity index (χ4n) is 3.49. The standard InChI is InChI=1S/C20H19FN4S/c1-13-12-14(8-9-15(13)21)25-19(17-7-5-11-24(17)2)18(23-20(25)26)16-6-3-4-10-22-16/h3-12,18-19H,1-2H3,(H,23,26)/t18-,19-/m1/s1. The molecule has 0 radical (unpaired) electrons. The lowest BCUT2D eigenvalue weighted by atomic mass is 10.0. The summed E-state index contributed by atoms with van der Waals surface area (Å²) in [5.41, 5.74) is 3.49. The van der Waals surface area contributed by atoms with E-state index in [4.69, 9.17) is 12.2 Å². The molecule has 1 saturated heterocycles. The van der Waals surface area contributed by atoms with Crippen molar-refractivity contribution >= 4 is 23.0 Å². The molecule has 1 aliphatic heterocycles. The fourth-order valence-corrected chi connectivity index (χ4v) is 3.84. The first-order valence-corrected chi connectivity index (χ1v) is 8.85. The van der Waals surface area contributed by atoms with Crippen LogP contribution in [0.2, 0.25) is 0 Å². The second-order valence-electron chi connectivity index (χ2n) is 6.47. The van der Waals surface area contributed by atoms with Gasteiger partial charge in [0.15, 0.2) is 5.11 Å². The summed E-state index contributed by atoms with van der Waals surface area (Å²) in [4.78, 5) is 6.58. The molecule has 132 valence electrons. The topological polar surface area (TPSA) is 33.1 Å². The molecule has 0 bridgehead atoms. The van der Waals surface area contributed by atoms with Gasteiger partial charge in [0.1, 0.15) is 11.9 Å². The molecule has 1 aromatic carbocycles. The van der Waals surface area contributed by atoms with Gasteiger partial charge in [0.25, 0.3) is 0 Å². The molecule has 0 amide bonds. The van der Waals surface area contributed by atoms with Gasteiger partial charge in [-0.25, -0.2) is 4.39 Å². The number of anilines is 1. The lowest BCUT2D eigenvalue weighted by Gasteiger charge is -2.28. The summed E-state index contributed by atoms with van der Waals surface area (Å²) in [7, 11) is 2.01. The number of thiocarbonyl (C=S) groups is 1. The Morgan fingerprint density at radius 3 is 2.65 bits per heavy atom. The zero-order valence-corrected chi connectivity index (χ0v) is 15.4. The molecule has 1 fully saturated rings. The third-order valence-corrected chi connectivity index (χ3v) is 5.12. The maximum atomic E-state index is 13.8. The molecule has 4 rings (SSSR count). The van der Waals surface area contributed by atoms with Crippen molar-refractivity contribution in [1.29, 1.82) is 0 Å². The summed E-state index contributed by atoms with van der Waals surface area (Å²) in [6, 6.07) is 14.9. The van der Waals surface area contributed by atoms with E-state index in [0.717, 1.165) is 17.1 Å². The largest absolute Gasteiger partial charge is 0.353 e. The molecule has 0 saturated carbocycles. The van der Waals surface area contributed by atoms with Gasteiger partial charge >= 0.3 is 0 Å². The van der Waals surface area contributed by atoms with E-state index >= 15 is 0 Å². The number of benzene rings is 1. The Morgan fingerprint density at radius 1 is 1.15 bits per heavy atom. The van der Waals surface area contributed by atoms with Crippen LogP contribution >= 0.6 is 12.2 Å². The Bertz CT molecular complexity index is 953. The van der Waals surface area contributed by atoms with Gasteiger partial charge in [0.2, 0.25) is 0 Å². The van der Waals surface area contributed by atoms with Crippen molar-refractivity contribution < 1.29 is 4.39 Å². The van der Waals surface area contributed by atoms with Crippen LogP contribution in [-0.4, -0.2) is 14.7 Å². The van der Waals surface area contributed by atoms with Crippen LogP contribution < -0.4 is 10.2 Å². The van der Waals surface area contributed by atoms with Gasteiger partial charge in [-0.05, 0) is 67.2 Å². The second-order valence-corrected chi connectivity index (χ2v) is 6.86. The van der Waals surface area contributed by atoms with Crippen LogP contribution in [0.5, 0.6) is 0 Å².